The molecule has 0 amide bonds. The molecule has 0 radical (unpaired) electrons. The third-order valence-corrected chi connectivity index (χ3v) is 4.67. The Kier molecular flexibility index (Phi) is 7.34. The molecule has 0 saturated heterocycles. The summed E-state index contributed by atoms with van der Waals surface area (Å²) >= 11 is 0. The lowest BCUT2D eigenvalue weighted by Crippen LogP contribution is -2.18. The summed E-state index contributed by atoms with van der Waals surface area (Å²) in [6.45, 7) is 13.5. The number of hydrogen-bond donors (Lipinski definition) is 0. The molecule has 114 valence electrons. The lowest BCUT2D eigenvalue weighted by molar-refractivity contribution is 0.340. The highest BCUT2D eigenvalue weighted by Gasteiger charge is 2.38. The van der Waals surface area contributed by atoms with Crippen molar-refractivity contribution in [3.8, 4) is 0 Å². The van der Waals surface area contributed by atoms with Gasteiger partial charge in [0.1, 0.15) is 0 Å². The summed E-state index contributed by atoms with van der Waals surface area (Å²) in [6.07, 6.45) is 13.5. The first-order valence-electron chi connectivity index (χ1n) is 8.79. The van der Waals surface area contributed by atoms with E-state index in [1.165, 1.54) is 32.1 Å². The van der Waals surface area contributed by atoms with Crippen LogP contribution in [-0.4, -0.2) is 0 Å². The van der Waals surface area contributed by atoms with E-state index < -0.39 is 0 Å². The zero-order chi connectivity index (χ0) is 15.1. The molecule has 0 aromatic carbocycles. The average molecular weight is 274 g/mol. The molecule has 0 nitrogen and oxygen atoms in total. The largest absolute Gasteiger partial charge is 0.0801 e. The predicted octanol–water partition coefficient (Wildman–Crippen LogP) is 6.70. The number of allylic oxidation sites excluding steroid dienone is 6. The van der Waals surface area contributed by atoms with Crippen LogP contribution < -0.4 is 0 Å². The molecule has 0 aliphatic heterocycles. The number of rotatable bonds is 5. The molecule has 0 aromatic heterocycles. The van der Waals surface area contributed by atoms with Crippen LogP contribution in [0.4, 0.5) is 0 Å². The molecule has 0 heteroatoms. The first kappa shape index (κ1) is 17.3. The topological polar surface area (TPSA) is 0 Å². The van der Waals surface area contributed by atoms with Crippen LogP contribution in [0.2, 0.25) is 0 Å². The Hall–Kier alpha value is -0.780. The average Bonchev–Trinajstić information content (AvgIpc) is 2.80. The third-order valence-electron chi connectivity index (χ3n) is 4.67. The van der Waals surface area contributed by atoms with Crippen LogP contribution in [0.1, 0.15) is 73.6 Å². The summed E-state index contributed by atoms with van der Waals surface area (Å²) in [5, 5.41) is 0. The number of fused-ring (bicyclic) bond motifs is 1. The van der Waals surface area contributed by atoms with Gasteiger partial charge < -0.3 is 0 Å². The van der Waals surface area contributed by atoms with E-state index in [1.807, 2.05) is 13.8 Å². The fourth-order valence-electron chi connectivity index (χ4n) is 3.89. The van der Waals surface area contributed by atoms with E-state index in [9.17, 15) is 0 Å². The van der Waals surface area contributed by atoms with Gasteiger partial charge in [-0.1, -0.05) is 71.8 Å². The molecular formula is C20H34. The molecule has 2 aliphatic rings. The summed E-state index contributed by atoms with van der Waals surface area (Å²) in [5.74, 6) is 2.36. The van der Waals surface area contributed by atoms with Gasteiger partial charge in [-0.2, -0.15) is 0 Å². The zero-order valence-electron chi connectivity index (χ0n) is 14.5. The van der Waals surface area contributed by atoms with E-state index in [2.05, 4.69) is 45.9 Å². The smallest absolute Gasteiger partial charge is 0.00703 e. The molecule has 2 aliphatic carbocycles. The van der Waals surface area contributed by atoms with Gasteiger partial charge in [-0.3, -0.25) is 0 Å². The summed E-state index contributed by atoms with van der Waals surface area (Å²) in [4.78, 5) is 0. The lowest BCUT2D eigenvalue weighted by atomic mass is 9.78. The highest BCUT2D eigenvalue weighted by atomic mass is 14.4. The fraction of sp³-hybridized carbons (Fsp3) is 0.700. The van der Waals surface area contributed by atoms with Crippen molar-refractivity contribution in [2.45, 2.75) is 73.6 Å². The Labute approximate surface area is 127 Å². The Morgan fingerprint density at radius 1 is 1.20 bits per heavy atom. The maximum atomic E-state index is 2.40. The predicted molar refractivity (Wildman–Crippen MR) is 91.8 cm³/mol. The van der Waals surface area contributed by atoms with Crippen molar-refractivity contribution in [3.05, 3.63) is 34.9 Å². The molecule has 0 aromatic rings. The van der Waals surface area contributed by atoms with Crippen molar-refractivity contribution in [2.24, 2.45) is 17.8 Å². The van der Waals surface area contributed by atoms with Gasteiger partial charge in [0.2, 0.25) is 0 Å². The van der Waals surface area contributed by atoms with Gasteiger partial charge >= 0.3 is 0 Å². The Morgan fingerprint density at radius 3 is 2.45 bits per heavy atom. The highest BCUT2D eigenvalue weighted by molar-refractivity contribution is 5.50. The summed E-state index contributed by atoms with van der Waals surface area (Å²) in [6, 6.07) is 0. The molecule has 0 saturated carbocycles. The fourth-order valence-corrected chi connectivity index (χ4v) is 3.89. The van der Waals surface area contributed by atoms with Gasteiger partial charge in [0.15, 0.2) is 0 Å². The van der Waals surface area contributed by atoms with Crippen LogP contribution in [0, 0.1) is 17.8 Å². The molecule has 2 unspecified atom stereocenters. The first-order valence-corrected chi connectivity index (χ1v) is 8.79. The molecule has 0 N–H and O–H groups in total. The van der Waals surface area contributed by atoms with Crippen LogP contribution in [0.15, 0.2) is 34.9 Å². The van der Waals surface area contributed by atoms with Gasteiger partial charge in [0.25, 0.3) is 0 Å². The quantitative estimate of drug-likeness (QED) is 0.523. The maximum Gasteiger partial charge on any atom is -0.00703 e. The Morgan fingerprint density at radius 2 is 1.90 bits per heavy atom. The van der Waals surface area contributed by atoms with Crippen LogP contribution in [-0.2, 0) is 0 Å². The number of hydrogen-bond acceptors (Lipinski definition) is 0. The van der Waals surface area contributed by atoms with E-state index in [-0.39, 0.29) is 0 Å². The molecule has 0 heterocycles. The first-order chi connectivity index (χ1) is 9.70. The standard InChI is InChI=1S/C18H28.C2H6/c1-5-7-10-15-14(6-2)18(13(3)4)17-12-9-8-11-16(15)17;1-2/h8-9,12-14,18H,5-7,10-11H2,1-4H3;1-2H3. The molecule has 0 bridgehead atoms. The SMILES string of the molecule is CC.CCCCC1=C2CC=CC=C2C(C(C)C)C1CC. The van der Waals surface area contributed by atoms with Crippen molar-refractivity contribution < 1.29 is 0 Å². The minimum Gasteiger partial charge on any atom is -0.0801 e. The Bertz CT molecular complexity index is 379. The van der Waals surface area contributed by atoms with Gasteiger partial charge in [0, 0.05) is 0 Å². The van der Waals surface area contributed by atoms with Crippen LogP contribution in [0.3, 0.4) is 0 Å². The molecule has 2 rings (SSSR count). The normalized spacial score (nSPS) is 24.4. The highest BCUT2D eigenvalue weighted by Crippen LogP contribution is 2.50. The maximum absolute atomic E-state index is 2.40. The summed E-state index contributed by atoms with van der Waals surface area (Å²) in [5.41, 5.74) is 5.18. The van der Waals surface area contributed by atoms with Crippen LogP contribution in [0.5, 0.6) is 0 Å². The van der Waals surface area contributed by atoms with Crippen LogP contribution in [0.25, 0.3) is 0 Å². The van der Waals surface area contributed by atoms with Crippen molar-refractivity contribution in [2.75, 3.05) is 0 Å². The molecule has 2 atom stereocenters. The second kappa shape index (κ2) is 8.49. The van der Waals surface area contributed by atoms with E-state index in [4.69, 9.17) is 0 Å². The van der Waals surface area contributed by atoms with Gasteiger partial charge in [-0.15, -0.1) is 0 Å². The van der Waals surface area contributed by atoms with Crippen molar-refractivity contribution in [1.29, 1.82) is 0 Å². The minimum atomic E-state index is 0.766. The third kappa shape index (κ3) is 3.45. The molecular weight excluding hydrogens is 240 g/mol. The van der Waals surface area contributed by atoms with E-state index in [0.717, 1.165) is 17.8 Å². The number of unbranched alkanes of at least 4 members (excludes halogenated alkanes) is 1. The Balaban J connectivity index is 0.000000956. The van der Waals surface area contributed by atoms with Crippen molar-refractivity contribution >= 4 is 0 Å². The second-order valence-electron chi connectivity index (χ2n) is 6.15. The van der Waals surface area contributed by atoms with Gasteiger partial charge in [0.05, 0.1) is 0 Å². The lowest BCUT2D eigenvalue weighted by Gasteiger charge is -2.26. The van der Waals surface area contributed by atoms with Crippen molar-refractivity contribution in [1.82, 2.24) is 0 Å². The van der Waals surface area contributed by atoms with Crippen LogP contribution >= 0.6 is 0 Å². The summed E-state index contributed by atoms with van der Waals surface area (Å²) in [7, 11) is 0. The van der Waals surface area contributed by atoms with E-state index in [1.54, 1.807) is 16.7 Å². The minimum absolute atomic E-state index is 0.766. The zero-order valence-corrected chi connectivity index (χ0v) is 14.5. The van der Waals surface area contributed by atoms with E-state index >= 15 is 0 Å². The van der Waals surface area contributed by atoms with E-state index in [0.29, 0.717) is 0 Å². The van der Waals surface area contributed by atoms with Gasteiger partial charge in [-0.25, -0.2) is 0 Å². The van der Waals surface area contributed by atoms with Gasteiger partial charge in [-0.05, 0) is 54.6 Å². The molecule has 0 fully saturated rings. The summed E-state index contributed by atoms with van der Waals surface area (Å²) < 4.78 is 0. The second-order valence-corrected chi connectivity index (χ2v) is 6.15. The molecule has 20 heavy (non-hydrogen) atoms. The van der Waals surface area contributed by atoms with Crippen molar-refractivity contribution in [3.63, 3.8) is 0 Å². The monoisotopic (exact) mass is 274 g/mol. The molecule has 0 spiro atoms.